The molecule has 0 saturated heterocycles. The van der Waals surface area contributed by atoms with Gasteiger partial charge in [0.05, 0.1) is 16.9 Å². The van der Waals surface area contributed by atoms with Crippen molar-refractivity contribution in [2.45, 2.75) is 19.8 Å². The van der Waals surface area contributed by atoms with Crippen LogP contribution < -0.4 is 10.6 Å². The fourth-order valence-corrected chi connectivity index (χ4v) is 3.73. The first kappa shape index (κ1) is 20.9. The van der Waals surface area contributed by atoms with Crippen molar-refractivity contribution in [2.75, 3.05) is 17.2 Å². The van der Waals surface area contributed by atoms with Crippen molar-refractivity contribution in [3.8, 4) is 11.5 Å². The van der Waals surface area contributed by atoms with Gasteiger partial charge in [0.15, 0.2) is 11.6 Å². The summed E-state index contributed by atoms with van der Waals surface area (Å²) in [6.07, 6.45) is 1.43. The standard InChI is InChI=1S/C22H19F3N4OS/c1-2-13-5-8-18(17(24)12-13)27-20-15(6-7-16(23)19(20)25)21-28-29-22(30-21)26-10-9-14-4-3-11-31-14/h3-8,11-12,27H,2,9-10H2,1H3,(H,26,29). The van der Waals surface area contributed by atoms with Crippen LogP contribution in [0, 0.1) is 17.5 Å². The Morgan fingerprint density at radius 2 is 1.90 bits per heavy atom. The van der Waals surface area contributed by atoms with Gasteiger partial charge in [0.1, 0.15) is 5.82 Å². The van der Waals surface area contributed by atoms with Crippen molar-refractivity contribution in [3.63, 3.8) is 0 Å². The summed E-state index contributed by atoms with van der Waals surface area (Å²) in [5.41, 5.74) is 0.642. The van der Waals surface area contributed by atoms with E-state index in [1.165, 1.54) is 23.1 Å². The molecule has 0 fully saturated rings. The minimum atomic E-state index is -1.16. The monoisotopic (exact) mass is 444 g/mol. The molecule has 160 valence electrons. The fraction of sp³-hybridized carbons (Fsp3) is 0.182. The summed E-state index contributed by atoms with van der Waals surface area (Å²) in [4.78, 5) is 1.20. The van der Waals surface area contributed by atoms with E-state index in [1.807, 2.05) is 24.4 Å². The van der Waals surface area contributed by atoms with Crippen LogP contribution in [0.4, 0.5) is 30.6 Å². The normalized spacial score (nSPS) is 11.0. The smallest absolute Gasteiger partial charge is 0.315 e. The zero-order valence-electron chi connectivity index (χ0n) is 16.6. The molecule has 0 aliphatic heterocycles. The number of rotatable bonds is 8. The van der Waals surface area contributed by atoms with E-state index in [1.54, 1.807) is 17.4 Å². The quantitative estimate of drug-likeness (QED) is 0.340. The van der Waals surface area contributed by atoms with Crippen molar-refractivity contribution in [3.05, 3.63) is 75.7 Å². The van der Waals surface area contributed by atoms with Gasteiger partial charge in [-0.2, -0.15) is 0 Å². The molecule has 0 amide bonds. The molecule has 2 aromatic carbocycles. The van der Waals surface area contributed by atoms with E-state index >= 15 is 0 Å². The Labute approximate surface area is 181 Å². The SMILES string of the molecule is CCc1ccc(Nc2c(-c3nnc(NCCc4cccs4)o3)ccc(F)c2F)c(F)c1. The Bertz CT molecular complexity index is 1180. The predicted octanol–water partition coefficient (Wildman–Crippen LogP) is 6.18. The molecule has 0 aliphatic carbocycles. The second-order valence-electron chi connectivity index (χ2n) is 6.75. The van der Waals surface area contributed by atoms with E-state index in [-0.39, 0.29) is 28.8 Å². The lowest BCUT2D eigenvalue weighted by molar-refractivity contribution is 0.511. The van der Waals surface area contributed by atoms with Gasteiger partial charge in [-0.1, -0.05) is 24.2 Å². The van der Waals surface area contributed by atoms with Gasteiger partial charge in [0.25, 0.3) is 5.89 Å². The van der Waals surface area contributed by atoms with Crippen LogP contribution in [-0.4, -0.2) is 16.7 Å². The number of nitrogens with one attached hydrogen (secondary N) is 2. The van der Waals surface area contributed by atoms with Crippen LogP contribution in [0.2, 0.25) is 0 Å². The molecule has 4 aromatic rings. The Hall–Kier alpha value is -3.33. The lowest BCUT2D eigenvalue weighted by Crippen LogP contribution is -2.03. The highest BCUT2D eigenvalue weighted by Crippen LogP contribution is 2.34. The second kappa shape index (κ2) is 9.22. The second-order valence-corrected chi connectivity index (χ2v) is 7.78. The minimum absolute atomic E-state index is 0.0109. The van der Waals surface area contributed by atoms with Crippen molar-refractivity contribution in [1.29, 1.82) is 0 Å². The molecular weight excluding hydrogens is 425 g/mol. The van der Waals surface area contributed by atoms with Gasteiger partial charge in [-0.25, -0.2) is 13.2 Å². The molecule has 0 bridgehead atoms. The molecule has 9 heteroatoms. The highest BCUT2D eigenvalue weighted by Gasteiger charge is 2.20. The number of benzene rings is 2. The summed E-state index contributed by atoms with van der Waals surface area (Å²) in [5, 5.41) is 15.5. The number of aromatic nitrogens is 2. The van der Waals surface area contributed by atoms with E-state index in [9.17, 15) is 13.2 Å². The first-order valence-corrected chi connectivity index (χ1v) is 10.6. The number of hydrogen-bond donors (Lipinski definition) is 2. The molecule has 2 N–H and O–H groups in total. The van der Waals surface area contributed by atoms with Crippen LogP contribution in [0.5, 0.6) is 0 Å². The van der Waals surface area contributed by atoms with Crippen LogP contribution in [0.15, 0.2) is 52.3 Å². The molecule has 31 heavy (non-hydrogen) atoms. The van der Waals surface area contributed by atoms with Gasteiger partial charge in [0, 0.05) is 11.4 Å². The summed E-state index contributed by atoms with van der Waals surface area (Å²) < 4.78 is 48.5. The Balaban J connectivity index is 1.57. The fourth-order valence-electron chi connectivity index (χ4n) is 3.02. The van der Waals surface area contributed by atoms with E-state index in [4.69, 9.17) is 4.42 Å². The zero-order chi connectivity index (χ0) is 21.8. The van der Waals surface area contributed by atoms with Gasteiger partial charge in [-0.3, -0.25) is 0 Å². The average Bonchev–Trinajstić information content (AvgIpc) is 3.45. The van der Waals surface area contributed by atoms with Crippen molar-refractivity contribution in [2.24, 2.45) is 0 Å². The van der Waals surface area contributed by atoms with Crippen LogP contribution in [0.3, 0.4) is 0 Å². The van der Waals surface area contributed by atoms with E-state index in [2.05, 4.69) is 20.8 Å². The molecule has 0 radical (unpaired) electrons. The van der Waals surface area contributed by atoms with Crippen molar-refractivity contribution in [1.82, 2.24) is 10.2 Å². The van der Waals surface area contributed by atoms with Gasteiger partial charge >= 0.3 is 6.01 Å². The maximum absolute atomic E-state index is 14.6. The third-order valence-electron chi connectivity index (χ3n) is 4.68. The molecule has 0 spiro atoms. The summed E-state index contributed by atoms with van der Waals surface area (Å²) in [5.74, 6) is -2.84. The van der Waals surface area contributed by atoms with Crippen molar-refractivity contribution < 1.29 is 17.6 Å². The van der Waals surface area contributed by atoms with Gasteiger partial charge < -0.3 is 15.1 Å². The molecule has 2 aromatic heterocycles. The average molecular weight is 444 g/mol. The van der Waals surface area contributed by atoms with Gasteiger partial charge in [-0.05, 0) is 54.1 Å². The van der Waals surface area contributed by atoms with E-state index < -0.39 is 17.5 Å². The first-order valence-electron chi connectivity index (χ1n) is 9.68. The maximum atomic E-state index is 14.6. The Kier molecular flexibility index (Phi) is 6.22. The maximum Gasteiger partial charge on any atom is 0.315 e. The van der Waals surface area contributed by atoms with Crippen LogP contribution in [-0.2, 0) is 12.8 Å². The van der Waals surface area contributed by atoms with Gasteiger partial charge in [-0.15, -0.1) is 16.4 Å². The van der Waals surface area contributed by atoms with E-state index in [0.29, 0.717) is 13.0 Å². The zero-order valence-corrected chi connectivity index (χ0v) is 17.4. The van der Waals surface area contributed by atoms with Crippen LogP contribution >= 0.6 is 11.3 Å². The molecule has 0 unspecified atom stereocenters. The van der Waals surface area contributed by atoms with E-state index in [0.717, 1.165) is 18.1 Å². The first-order chi connectivity index (χ1) is 15.0. The Morgan fingerprint density at radius 1 is 1.03 bits per heavy atom. The molecule has 0 aliphatic rings. The lowest BCUT2D eigenvalue weighted by Gasteiger charge is -2.13. The molecule has 0 saturated carbocycles. The third kappa shape index (κ3) is 4.72. The largest absolute Gasteiger partial charge is 0.403 e. The molecular formula is C22H19F3N4OS. The van der Waals surface area contributed by atoms with Crippen molar-refractivity contribution >= 4 is 28.7 Å². The number of aryl methyl sites for hydroxylation is 1. The van der Waals surface area contributed by atoms with Crippen LogP contribution in [0.1, 0.15) is 17.4 Å². The van der Waals surface area contributed by atoms with Gasteiger partial charge in [0.2, 0.25) is 0 Å². The molecule has 2 heterocycles. The Morgan fingerprint density at radius 3 is 2.65 bits per heavy atom. The highest BCUT2D eigenvalue weighted by atomic mass is 32.1. The van der Waals surface area contributed by atoms with Crippen LogP contribution in [0.25, 0.3) is 11.5 Å². The number of hydrogen-bond acceptors (Lipinski definition) is 6. The topological polar surface area (TPSA) is 63.0 Å². The number of nitrogens with zero attached hydrogens (tertiary/aromatic N) is 2. The summed E-state index contributed by atoms with van der Waals surface area (Å²) in [6, 6.07) is 11.0. The minimum Gasteiger partial charge on any atom is -0.403 e. The summed E-state index contributed by atoms with van der Waals surface area (Å²) in [7, 11) is 0. The molecule has 4 rings (SSSR count). The highest BCUT2D eigenvalue weighted by molar-refractivity contribution is 7.09. The predicted molar refractivity (Wildman–Crippen MR) is 115 cm³/mol. The molecule has 0 atom stereocenters. The summed E-state index contributed by atoms with van der Waals surface area (Å²) in [6.45, 7) is 2.47. The number of thiophene rings is 1. The number of halogens is 3. The lowest BCUT2D eigenvalue weighted by atomic mass is 10.1. The third-order valence-corrected chi connectivity index (χ3v) is 5.62. The molecule has 5 nitrogen and oxygen atoms in total. The number of anilines is 3. The summed E-state index contributed by atoms with van der Waals surface area (Å²) >= 11 is 1.65.